The summed E-state index contributed by atoms with van der Waals surface area (Å²) in [6, 6.07) is 10.2. The van der Waals surface area contributed by atoms with E-state index in [2.05, 4.69) is 28.3 Å². The topological polar surface area (TPSA) is 62.4 Å². The molecule has 1 aromatic carbocycles. The van der Waals surface area contributed by atoms with E-state index in [0.29, 0.717) is 18.1 Å². The van der Waals surface area contributed by atoms with Crippen molar-refractivity contribution in [3.05, 3.63) is 30.3 Å². The highest BCUT2D eigenvalue weighted by molar-refractivity contribution is 7.99. The average molecular weight is 354 g/mol. The van der Waals surface area contributed by atoms with Crippen LogP contribution in [0.1, 0.15) is 25.7 Å². The van der Waals surface area contributed by atoms with Gasteiger partial charge in [0.05, 0.1) is 6.10 Å². The lowest BCUT2D eigenvalue weighted by atomic mass is 10.2. The second-order valence-corrected chi connectivity index (χ2v) is 6.86. The molecule has 1 aromatic rings. The van der Waals surface area contributed by atoms with Crippen LogP contribution < -0.4 is 16.2 Å². The third-order valence-corrected chi connectivity index (χ3v) is 4.73. The molecule has 0 saturated carbocycles. The predicted octanol–water partition coefficient (Wildman–Crippen LogP) is 2.23. The van der Waals surface area contributed by atoms with Crippen molar-refractivity contribution < 1.29 is 9.53 Å². The maximum Gasteiger partial charge on any atom is 0.238 e. The molecule has 7 heteroatoms. The zero-order valence-electron chi connectivity index (χ0n) is 13.0. The first-order valence-electron chi connectivity index (χ1n) is 7.86. The van der Waals surface area contributed by atoms with Gasteiger partial charge in [-0.25, -0.2) is 0 Å². The van der Waals surface area contributed by atoms with Crippen LogP contribution in [0, 0.1) is 0 Å². The van der Waals surface area contributed by atoms with E-state index in [0.717, 1.165) is 31.6 Å². The Labute approximate surface area is 146 Å². The molecule has 0 bridgehead atoms. The van der Waals surface area contributed by atoms with E-state index in [1.54, 1.807) is 11.8 Å². The number of benzene rings is 1. The Morgan fingerprint density at radius 3 is 2.87 bits per heavy atom. The van der Waals surface area contributed by atoms with E-state index in [1.165, 1.54) is 4.90 Å². The van der Waals surface area contributed by atoms with Crippen LogP contribution >= 0.6 is 24.0 Å². The van der Waals surface area contributed by atoms with Gasteiger partial charge in [-0.05, 0) is 49.4 Å². The number of amides is 1. The van der Waals surface area contributed by atoms with Crippen molar-refractivity contribution in [2.75, 3.05) is 18.9 Å². The summed E-state index contributed by atoms with van der Waals surface area (Å²) in [4.78, 5) is 13.0. The van der Waals surface area contributed by atoms with Crippen molar-refractivity contribution in [1.82, 2.24) is 16.2 Å². The molecule has 1 aliphatic rings. The minimum absolute atomic E-state index is 0.0556. The Kier molecular flexibility index (Phi) is 8.20. The maximum atomic E-state index is 11.7. The van der Waals surface area contributed by atoms with Crippen molar-refractivity contribution >= 4 is 35.0 Å². The predicted molar refractivity (Wildman–Crippen MR) is 97.3 cm³/mol. The van der Waals surface area contributed by atoms with E-state index < -0.39 is 0 Å². The molecular formula is C16H23N3O2S2. The van der Waals surface area contributed by atoms with Crippen LogP contribution in [-0.4, -0.2) is 36.0 Å². The molecule has 2 rings (SSSR count). The summed E-state index contributed by atoms with van der Waals surface area (Å²) in [6.07, 6.45) is 3.68. The van der Waals surface area contributed by atoms with Crippen LogP contribution in [-0.2, 0) is 9.53 Å². The number of thiocarbonyl (C=S) groups is 1. The zero-order valence-corrected chi connectivity index (χ0v) is 14.7. The van der Waals surface area contributed by atoms with Crippen molar-refractivity contribution in [3.8, 4) is 0 Å². The number of rotatable bonds is 7. The second kappa shape index (κ2) is 10.5. The van der Waals surface area contributed by atoms with Gasteiger partial charge in [0.15, 0.2) is 5.11 Å². The van der Waals surface area contributed by atoms with Gasteiger partial charge in [-0.1, -0.05) is 18.2 Å². The monoisotopic (exact) mass is 353 g/mol. The highest BCUT2D eigenvalue weighted by Gasteiger charge is 2.15. The summed E-state index contributed by atoms with van der Waals surface area (Å²) in [6.45, 7) is 1.50. The van der Waals surface area contributed by atoms with Crippen molar-refractivity contribution in [3.63, 3.8) is 0 Å². The maximum absolute atomic E-state index is 11.7. The standard InChI is InChI=1S/C16H23N3O2S2/c20-15(9-5-11-23-14-7-2-1-3-8-14)18-19-16(22)17-12-13-6-4-10-21-13/h1-3,7-8,13H,4-6,9-12H2,(H,18,20)(H2,17,19,22). The van der Waals surface area contributed by atoms with E-state index >= 15 is 0 Å². The molecule has 0 radical (unpaired) electrons. The molecule has 0 aliphatic carbocycles. The third kappa shape index (κ3) is 7.67. The molecule has 23 heavy (non-hydrogen) atoms. The summed E-state index contributed by atoms with van der Waals surface area (Å²) in [7, 11) is 0. The molecule has 1 heterocycles. The number of hydrogen-bond acceptors (Lipinski definition) is 4. The molecular weight excluding hydrogens is 330 g/mol. The van der Waals surface area contributed by atoms with Gasteiger partial charge in [-0.15, -0.1) is 11.8 Å². The van der Waals surface area contributed by atoms with Crippen molar-refractivity contribution in [2.24, 2.45) is 0 Å². The Hall–Kier alpha value is -1.31. The lowest BCUT2D eigenvalue weighted by molar-refractivity contribution is -0.121. The minimum Gasteiger partial charge on any atom is -0.376 e. The molecule has 1 aliphatic heterocycles. The van der Waals surface area contributed by atoms with Gasteiger partial charge in [0.2, 0.25) is 5.91 Å². The first-order valence-corrected chi connectivity index (χ1v) is 9.25. The van der Waals surface area contributed by atoms with E-state index in [4.69, 9.17) is 17.0 Å². The van der Waals surface area contributed by atoms with E-state index in [9.17, 15) is 4.79 Å². The molecule has 0 spiro atoms. The van der Waals surface area contributed by atoms with Crippen LogP contribution in [0.25, 0.3) is 0 Å². The number of hydrazine groups is 1. The number of carbonyl (C=O) groups excluding carboxylic acids is 1. The number of ether oxygens (including phenoxy) is 1. The highest BCUT2D eigenvalue weighted by atomic mass is 32.2. The van der Waals surface area contributed by atoms with Crippen LogP contribution in [0.5, 0.6) is 0 Å². The average Bonchev–Trinajstić information content (AvgIpc) is 3.09. The Morgan fingerprint density at radius 1 is 1.30 bits per heavy atom. The van der Waals surface area contributed by atoms with Gasteiger partial charge >= 0.3 is 0 Å². The normalized spacial score (nSPS) is 16.8. The van der Waals surface area contributed by atoms with Crippen molar-refractivity contribution in [1.29, 1.82) is 0 Å². The summed E-state index contributed by atoms with van der Waals surface area (Å²) in [5, 5.41) is 3.47. The second-order valence-electron chi connectivity index (χ2n) is 5.28. The van der Waals surface area contributed by atoms with Gasteiger partial charge < -0.3 is 10.1 Å². The number of hydrogen-bond donors (Lipinski definition) is 3. The van der Waals surface area contributed by atoms with Gasteiger partial charge in [0.25, 0.3) is 0 Å². The number of thioether (sulfide) groups is 1. The first-order chi connectivity index (χ1) is 11.2. The lowest BCUT2D eigenvalue weighted by Gasteiger charge is -2.14. The summed E-state index contributed by atoms with van der Waals surface area (Å²) >= 11 is 6.87. The van der Waals surface area contributed by atoms with Gasteiger partial charge in [0, 0.05) is 24.5 Å². The van der Waals surface area contributed by atoms with E-state index in [1.807, 2.05) is 18.2 Å². The molecule has 126 valence electrons. The molecule has 3 N–H and O–H groups in total. The van der Waals surface area contributed by atoms with Crippen LogP contribution in [0.3, 0.4) is 0 Å². The quantitative estimate of drug-likeness (QED) is 0.302. The Balaban J connectivity index is 1.48. The fourth-order valence-corrected chi connectivity index (χ4v) is 3.19. The van der Waals surface area contributed by atoms with Crippen LogP contribution in [0.4, 0.5) is 0 Å². The van der Waals surface area contributed by atoms with Crippen LogP contribution in [0.15, 0.2) is 35.2 Å². The molecule has 1 atom stereocenters. The molecule has 0 aromatic heterocycles. The molecule has 1 fully saturated rings. The smallest absolute Gasteiger partial charge is 0.238 e. The van der Waals surface area contributed by atoms with Gasteiger partial charge in [0.1, 0.15) is 0 Å². The van der Waals surface area contributed by atoms with E-state index in [-0.39, 0.29) is 12.0 Å². The first kappa shape index (κ1) is 18.0. The Morgan fingerprint density at radius 2 is 2.13 bits per heavy atom. The largest absolute Gasteiger partial charge is 0.376 e. The summed E-state index contributed by atoms with van der Waals surface area (Å²) in [5.74, 6) is 0.860. The number of nitrogens with one attached hydrogen (secondary N) is 3. The SMILES string of the molecule is O=C(CCCSc1ccccc1)NNC(=S)NCC1CCCO1. The molecule has 5 nitrogen and oxygen atoms in total. The number of carbonyl (C=O) groups is 1. The van der Waals surface area contributed by atoms with Crippen LogP contribution in [0.2, 0.25) is 0 Å². The fourth-order valence-electron chi connectivity index (χ4n) is 2.18. The highest BCUT2D eigenvalue weighted by Crippen LogP contribution is 2.18. The minimum atomic E-state index is -0.0556. The zero-order chi connectivity index (χ0) is 16.3. The van der Waals surface area contributed by atoms with Gasteiger partial charge in [-0.3, -0.25) is 15.6 Å². The summed E-state index contributed by atoms with van der Waals surface area (Å²) in [5.41, 5.74) is 5.34. The molecule has 1 amide bonds. The third-order valence-electron chi connectivity index (χ3n) is 3.39. The van der Waals surface area contributed by atoms with Crippen molar-refractivity contribution in [2.45, 2.75) is 36.7 Å². The lowest BCUT2D eigenvalue weighted by Crippen LogP contribution is -2.48. The summed E-state index contributed by atoms with van der Waals surface area (Å²) < 4.78 is 5.49. The molecule has 1 unspecified atom stereocenters. The van der Waals surface area contributed by atoms with Gasteiger partial charge in [-0.2, -0.15) is 0 Å². The molecule has 1 saturated heterocycles. The fraction of sp³-hybridized carbons (Fsp3) is 0.500. The Bertz CT molecular complexity index is 493.